The molecule has 1 aliphatic carbocycles. The molecule has 1 aromatic heterocycles. The molecule has 0 aliphatic heterocycles. The van der Waals surface area contributed by atoms with E-state index < -0.39 is 5.97 Å². The lowest BCUT2D eigenvalue weighted by Gasteiger charge is -2.13. The number of nitrogens with zero attached hydrogens (tertiary/aromatic N) is 1. The molecule has 1 aromatic carbocycles. The summed E-state index contributed by atoms with van der Waals surface area (Å²) in [5.74, 6) is 0.878. The van der Waals surface area contributed by atoms with Crippen LogP contribution in [0.25, 0.3) is 11.1 Å². The van der Waals surface area contributed by atoms with Crippen molar-refractivity contribution < 1.29 is 14.3 Å². The second-order valence-corrected chi connectivity index (χ2v) is 5.98. The standard InChI is InChI=1S/C16H19NO3/c1-9(2)16-17-13-7-11(5-6-14(13)20-16)12(8-15(18)19)10-3-4-10/h5-7,9-10,12H,3-4,8H2,1-2H3,(H,18,19). The molecule has 4 nitrogen and oxygen atoms in total. The van der Waals surface area contributed by atoms with Crippen LogP contribution < -0.4 is 0 Å². The summed E-state index contributed by atoms with van der Waals surface area (Å²) in [5.41, 5.74) is 2.69. The number of carboxylic acids is 1. The van der Waals surface area contributed by atoms with E-state index in [0.29, 0.717) is 5.92 Å². The van der Waals surface area contributed by atoms with Gasteiger partial charge in [-0.05, 0) is 42.4 Å². The molecule has 106 valence electrons. The van der Waals surface area contributed by atoms with Crippen molar-refractivity contribution in [2.24, 2.45) is 5.92 Å². The zero-order valence-electron chi connectivity index (χ0n) is 11.8. The molecule has 1 unspecified atom stereocenters. The van der Waals surface area contributed by atoms with Gasteiger partial charge < -0.3 is 9.52 Å². The normalized spacial score (nSPS) is 16.8. The summed E-state index contributed by atoms with van der Waals surface area (Å²) in [5, 5.41) is 9.08. The zero-order chi connectivity index (χ0) is 14.3. The number of carboxylic acid groups (broad SMARTS) is 1. The van der Waals surface area contributed by atoms with Gasteiger partial charge in [-0.25, -0.2) is 4.98 Å². The van der Waals surface area contributed by atoms with Gasteiger partial charge in [0.1, 0.15) is 5.52 Å². The van der Waals surface area contributed by atoms with Crippen LogP contribution >= 0.6 is 0 Å². The molecule has 1 heterocycles. The Bertz CT molecular complexity index is 640. The predicted molar refractivity (Wildman–Crippen MR) is 75.8 cm³/mol. The highest BCUT2D eigenvalue weighted by Crippen LogP contribution is 2.45. The first-order valence-corrected chi connectivity index (χ1v) is 7.16. The van der Waals surface area contributed by atoms with Crippen LogP contribution in [0.5, 0.6) is 0 Å². The molecule has 1 atom stereocenters. The average molecular weight is 273 g/mol. The minimum atomic E-state index is -0.731. The van der Waals surface area contributed by atoms with Crippen LogP contribution in [0.3, 0.4) is 0 Å². The Balaban J connectivity index is 1.95. The summed E-state index contributed by atoms with van der Waals surface area (Å²) in [6, 6.07) is 5.90. The topological polar surface area (TPSA) is 63.3 Å². The molecule has 2 aromatic rings. The maximum atomic E-state index is 11.0. The summed E-state index contributed by atoms with van der Waals surface area (Å²) in [4.78, 5) is 15.5. The summed E-state index contributed by atoms with van der Waals surface area (Å²) in [7, 11) is 0. The van der Waals surface area contributed by atoms with Crippen molar-refractivity contribution in [2.45, 2.75) is 44.9 Å². The number of rotatable bonds is 5. The maximum Gasteiger partial charge on any atom is 0.303 e. The van der Waals surface area contributed by atoms with Gasteiger partial charge in [0.2, 0.25) is 0 Å². The second kappa shape index (κ2) is 4.93. The highest BCUT2D eigenvalue weighted by Gasteiger charge is 2.34. The van der Waals surface area contributed by atoms with Gasteiger partial charge in [0.05, 0.1) is 6.42 Å². The second-order valence-electron chi connectivity index (χ2n) is 5.98. The quantitative estimate of drug-likeness (QED) is 0.896. The number of carbonyl (C=O) groups is 1. The molecular formula is C16H19NO3. The van der Waals surface area contributed by atoms with E-state index in [1.807, 2.05) is 32.0 Å². The van der Waals surface area contributed by atoms with Gasteiger partial charge in [-0.3, -0.25) is 4.79 Å². The van der Waals surface area contributed by atoms with Crippen molar-refractivity contribution in [3.8, 4) is 0 Å². The Labute approximate surface area is 117 Å². The average Bonchev–Trinajstić information content (AvgIpc) is 3.13. The first kappa shape index (κ1) is 13.2. The molecule has 1 saturated carbocycles. The first-order valence-electron chi connectivity index (χ1n) is 7.16. The Morgan fingerprint density at radius 3 is 2.80 bits per heavy atom. The van der Waals surface area contributed by atoms with Crippen LogP contribution in [0.1, 0.15) is 56.4 Å². The Morgan fingerprint density at radius 1 is 1.45 bits per heavy atom. The fourth-order valence-electron chi connectivity index (χ4n) is 2.68. The monoisotopic (exact) mass is 273 g/mol. The molecule has 0 radical (unpaired) electrons. The summed E-state index contributed by atoms with van der Waals surface area (Å²) >= 11 is 0. The van der Waals surface area contributed by atoms with E-state index in [-0.39, 0.29) is 18.3 Å². The van der Waals surface area contributed by atoms with E-state index in [1.54, 1.807) is 0 Å². The van der Waals surface area contributed by atoms with E-state index in [2.05, 4.69) is 4.98 Å². The van der Waals surface area contributed by atoms with Gasteiger partial charge in [-0.15, -0.1) is 0 Å². The summed E-state index contributed by atoms with van der Waals surface area (Å²) in [6.07, 6.45) is 2.46. The van der Waals surface area contributed by atoms with Gasteiger partial charge in [0.15, 0.2) is 11.5 Å². The molecule has 1 aliphatic rings. The van der Waals surface area contributed by atoms with Gasteiger partial charge >= 0.3 is 5.97 Å². The Kier molecular flexibility index (Phi) is 3.24. The number of oxazole rings is 1. The number of benzene rings is 1. The fourth-order valence-corrected chi connectivity index (χ4v) is 2.68. The SMILES string of the molecule is CC(C)c1nc2cc(C(CC(=O)O)C3CC3)ccc2o1. The molecule has 0 spiro atoms. The number of hydrogen-bond acceptors (Lipinski definition) is 3. The minimum absolute atomic E-state index is 0.107. The molecule has 1 N–H and O–H groups in total. The maximum absolute atomic E-state index is 11.0. The van der Waals surface area contributed by atoms with Crippen LogP contribution in [-0.4, -0.2) is 16.1 Å². The minimum Gasteiger partial charge on any atom is -0.481 e. The van der Waals surface area contributed by atoms with Crippen LogP contribution in [0.4, 0.5) is 0 Å². The van der Waals surface area contributed by atoms with Gasteiger partial charge in [-0.1, -0.05) is 19.9 Å². The lowest BCUT2D eigenvalue weighted by Crippen LogP contribution is -2.08. The van der Waals surface area contributed by atoms with Crippen molar-refractivity contribution in [3.63, 3.8) is 0 Å². The largest absolute Gasteiger partial charge is 0.481 e. The van der Waals surface area contributed by atoms with Gasteiger partial charge in [0, 0.05) is 5.92 Å². The summed E-state index contributed by atoms with van der Waals surface area (Å²) in [6.45, 7) is 4.09. The van der Waals surface area contributed by atoms with E-state index in [0.717, 1.165) is 35.4 Å². The lowest BCUT2D eigenvalue weighted by atomic mass is 9.91. The van der Waals surface area contributed by atoms with Crippen molar-refractivity contribution in [1.29, 1.82) is 0 Å². The molecule has 0 saturated heterocycles. The highest BCUT2D eigenvalue weighted by atomic mass is 16.4. The van der Waals surface area contributed by atoms with Crippen molar-refractivity contribution in [2.75, 3.05) is 0 Å². The fraction of sp³-hybridized carbons (Fsp3) is 0.500. The van der Waals surface area contributed by atoms with Gasteiger partial charge in [-0.2, -0.15) is 0 Å². The molecule has 20 heavy (non-hydrogen) atoms. The molecular weight excluding hydrogens is 254 g/mol. The number of hydrogen-bond donors (Lipinski definition) is 1. The number of aromatic nitrogens is 1. The van der Waals surface area contributed by atoms with Crippen molar-refractivity contribution in [3.05, 3.63) is 29.7 Å². The molecule has 1 fully saturated rings. The van der Waals surface area contributed by atoms with Crippen molar-refractivity contribution in [1.82, 2.24) is 4.98 Å². The van der Waals surface area contributed by atoms with E-state index in [9.17, 15) is 4.79 Å². The van der Waals surface area contributed by atoms with Crippen LogP contribution in [0.15, 0.2) is 22.6 Å². The zero-order valence-corrected chi connectivity index (χ0v) is 11.8. The lowest BCUT2D eigenvalue weighted by molar-refractivity contribution is -0.137. The van der Waals surface area contributed by atoms with Gasteiger partial charge in [0.25, 0.3) is 0 Å². The molecule has 4 heteroatoms. The molecule has 0 amide bonds. The smallest absolute Gasteiger partial charge is 0.303 e. The van der Waals surface area contributed by atoms with E-state index in [1.165, 1.54) is 0 Å². The summed E-state index contributed by atoms with van der Waals surface area (Å²) < 4.78 is 5.69. The van der Waals surface area contributed by atoms with E-state index in [4.69, 9.17) is 9.52 Å². The van der Waals surface area contributed by atoms with Crippen LogP contribution in [0, 0.1) is 5.92 Å². The number of aliphatic carboxylic acids is 1. The highest BCUT2D eigenvalue weighted by molar-refractivity contribution is 5.74. The Morgan fingerprint density at radius 2 is 2.20 bits per heavy atom. The third-order valence-corrected chi connectivity index (χ3v) is 3.94. The number of fused-ring (bicyclic) bond motifs is 1. The molecule has 0 bridgehead atoms. The first-order chi connectivity index (χ1) is 9.54. The Hall–Kier alpha value is -1.84. The van der Waals surface area contributed by atoms with Crippen LogP contribution in [0.2, 0.25) is 0 Å². The van der Waals surface area contributed by atoms with Crippen molar-refractivity contribution >= 4 is 17.1 Å². The third kappa shape index (κ3) is 2.55. The molecule has 3 rings (SSSR count). The van der Waals surface area contributed by atoms with Crippen LogP contribution in [-0.2, 0) is 4.79 Å². The third-order valence-electron chi connectivity index (χ3n) is 3.94. The predicted octanol–water partition coefficient (Wildman–Crippen LogP) is 3.92. The van der Waals surface area contributed by atoms with E-state index >= 15 is 0 Å².